The first-order chi connectivity index (χ1) is 9.97. The van der Waals surface area contributed by atoms with E-state index >= 15 is 0 Å². The van der Waals surface area contributed by atoms with Crippen molar-refractivity contribution in [3.05, 3.63) is 0 Å². The molecule has 0 aliphatic heterocycles. The SMILES string of the molecule is CC(C)(C)[Si](C)(C)OC1([Si](C)(C)C(C)(C)C)CCCC1(O)C#N. The van der Waals surface area contributed by atoms with E-state index in [0.29, 0.717) is 6.42 Å². The Morgan fingerprint density at radius 1 is 0.957 bits per heavy atom. The molecule has 0 aromatic heterocycles. The summed E-state index contributed by atoms with van der Waals surface area (Å²) in [5.74, 6) is 0. The average molecular weight is 356 g/mol. The Hall–Kier alpha value is -0.156. The van der Waals surface area contributed by atoms with Crippen molar-refractivity contribution >= 4 is 16.4 Å². The van der Waals surface area contributed by atoms with Crippen molar-refractivity contribution in [2.45, 2.75) is 108 Å². The van der Waals surface area contributed by atoms with Crippen molar-refractivity contribution in [2.24, 2.45) is 0 Å². The minimum Gasteiger partial charge on any atom is -0.410 e. The Labute approximate surface area is 145 Å². The van der Waals surface area contributed by atoms with E-state index in [1.165, 1.54) is 0 Å². The van der Waals surface area contributed by atoms with Gasteiger partial charge in [-0.2, -0.15) is 5.26 Å². The summed E-state index contributed by atoms with van der Waals surface area (Å²) in [6.45, 7) is 22.5. The Balaban J connectivity index is 3.57. The van der Waals surface area contributed by atoms with Crippen LogP contribution in [0, 0.1) is 11.3 Å². The molecule has 0 amide bonds. The molecule has 5 heteroatoms. The second-order valence-electron chi connectivity index (χ2n) is 10.4. The van der Waals surface area contributed by atoms with Gasteiger partial charge in [0.2, 0.25) is 0 Å². The summed E-state index contributed by atoms with van der Waals surface area (Å²) in [7, 11) is -4.24. The summed E-state index contributed by atoms with van der Waals surface area (Å²) >= 11 is 0. The molecule has 0 aromatic carbocycles. The fourth-order valence-corrected chi connectivity index (χ4v) is 9.90. The third-order valence-electron chi connectivity index (χ3n) is 7.04. The molecule has 1 N–H and O–H groups in total. The van der Waals surface area contributed by atoms with Gasteiger partial charge in [-0.1, -0.05) is 54.6 Å². The molecule has 1 aliphatic carbocycles. The molecule has 1 aliphatic rings. The van der Waals surface area contributed by atoms with Gasteiger partial charge in [-0.25, -0.2) is 0 Å². The van der Waals surface area contributed by atoms with Gasteiger partial charge in [0.05, 0.1) is 13.3 Å². The van der Waals surface area contributed by atoms with Crippen LogP contribution in [0.3, 0.4) is 0 Å². The van der Waals surface area contributed by atoms with Gasteiger partial charge in [0, 0.05) is 0 Å². The molecule has 0 heterocycles. The van der Waals surface area contributed by atoms with Crippen molar-refractivity contribution in [1.29, 1.82) is 5.26 Å². The summed E-state index contributed by atoms with van der Waals surface area (Å²) in [4.78, 5) is 0. The number of aliphatic hydroxyl groups is 1. The van der Waals surface area contributed by atoms with E-state index in [1.807, 2.05) is 0 Å². The highest BCUT2D eigenvalue weighted by Gasteiger charge is 2.68. The lowest BCUT2D eigenvalue weighted by Crippen LogP contribution is -2.72. The Bertz CT molecular complexity index is 497. The lowest BCUT2D eigenvalue weighted by Gasteiger charge is -2.58. The zero-order chi connectivity index (χ0) is 18.5. The first kappa shape index (κ1) is 20.9. The van der Waals surface area contributed by atoms with E-state index in [9.17, 15) is 10.4 Å². The van der Waals surface area contributed by atoms with E-state index in [4.69, 9.17) is 4.43 Å². The van der Waals surface area contributed by atoms with Gasteiger partial charge in [-0.15, -0.1) is 0 Å². The van der Waals surface area contributed by atoms with Crippen LogP contribution >= 0.6 is 0 Å². The molecule has 1 saturated carbocycles. The zero-order valence-corrected chi connectivity index (χ0v) is 18.9. The molecule has 1 rings (SSSR count). The second kappa shape index (κ2) is 5.69. The molecule has 0 radical (unpaired) electrons. The molecular formula is C18H37NO2Si2. The fraction of sp³-hybridized carbons (Fsp3) is 0.944. The maximum atomic E-state index is 11.3. The molecule has 23 heavy (non-hydrogen) atoms. The molecule has 134 valence electrons. The van der Waals surface area contributed by atoms with Crippen LogP contribution in [0.2, 0.25) is 36.3 Å². The minimum atomic E-state index is -2.13. The first-order valence-electron chi connectivity index (χ1n) is 8.81. The summed E-state index contributed by atoms with van der Waals surface area (Å²) in [6, 6.07) is 2.27. The van der Waals surface area contributed by atoms with Crippen LogP contribution in [0.4, 0.5) is 0 Å². The number of rotatable bonds is 3. The largest absolute Gasteiger partial charge is 0.410 e. The molecule has 0 saturated heterocycles. The Kier molecular flexibility index (Phi) is 5.17. The first-order valence-corrected chi connectivity index (χ1v) is 14.7. The lowest BCUT2D eigenvalue weighted by molar-refractivity contribution is -0.0411. The summed E-state index contributed by atoms with van der Waals surface area (Å²) in [5, 5.41) is 20.6. The van der Waals surface area contributed by atoms with Gasteiger partial charge in [0.25, 0.3) is 0 Å². The quantitative estimate of drug-likeness (QED) is 0.557. The van der Waals surface area contributed by atoms with Crippen molar-refractivity contribution in [1.82, 2.24) is 0 Å². The zero-order valence-electron chi connectivity index (χ0n) is 16.9. The normalized spacial score (nSPS) is 30.3. The predicted molar refractivity (Wildman–Crippen MR) is 103 cm³/mol. The van der Waals surface area contributed by atoms with Gasteiger partial charge < -0.3 is 9.53 Å². The molecule has 0 spiro atoms. The van der Waals surface area contributed by atoms with Crippen molar-refractivity contribution in [3.8, 4) is 6.07 Å². The monoisotopic (exact) mass is 355 g/mol. The number of nitriles is 1. The van der Waals surface area contributed by atoms with Crippen LogP contribution < -0.4 is 0 Å². The number of hydrogen-bond donors (Lipinski definition) is 1. The van der Waals surface area contributed by atoms with Crippen molar-refractivity contribution < 1.29 is 9.53 Å². The summed E-state index contributed by atoms with van der Waals surface area (Å²) < 4.78 is 6.98. The van der Waals surface area contributed by atoms with E-state index in [0.717, 1.165) is 12.8 Å². The number of nitrogens with zero attached hydrogens (tertiary/aromatic N) is 1. The molecule has 0 aromatic rings. The molecule has 3 nitrogen and oxygen atoms in total. The summed E-state index contributed by atoms with van der Waals surface area (Å²) in [5.41, 5.74) is -1.36. The van der Waals surface area contributed by atoms with Crippen molar-refractivity contribution in [2.75, 3.05) is 0 Å². The van der Waals surface area contributed by atoms with E-state index in [2.05, 4.69) is 73.8 Å². The smallest absolute Gasteiger partial charge is 0.192 e. The molecule has 1 fully saturated rings. The van der Waals surface area contributed by atoms with Crippen LogP contribution in [0.25, 0.3) is 0 Å². The standard InChI is InChI=1S/C18H37NO2Si2/c1-15(2,3)22(7,8)18(13-11-12-17(18,20)14-19)21-23(9,10)16(4,5)6/h20H,11-13H2,1-10H3. The van der Waals surface area contributed by atoms with Gasteiger partial charge in [0.15, 0.2) is 13.9 Å². The lowest BCUT2D eigenvalue weighted by atomic mass is 10.0. The highest BCUT2D eigenvalue weighted by molar-refractivity contribution is 6.85. The van der Waals surface area contributed by atoms with Gasteiger partial charge in [-0.3, -0.25) is 0 Å². The van der Waals surface area contributed by atoms with E-state index < -0.39 is 27.2 Å². The predicted octanol–water partition coefficient (Wildman–Crippen LogP) is 5.23. The minimum absolute atomic E-state index is 0.0462. The Morgan fingerprint density at radius 2 is 1.43 bits per heavy atom. The topological polar surface area (TPSA) is 53.2 Å². The van der Waals surface area contributed by atoms with E-state index in [1.54, 1.807) is 0 Å². The highest BCUT2D eigenvalue weighted by Crippen LogP contribution is 2.57. The second-order valence-corrected chi connectivity index (χ2v) is 20.7. The van der Waals surface area contributed by atoms with Crippen LogP contribution in [0.1, 0.15) is 60.8 Å². The molecular weight excluding hydrogens is 318 g/mol. The third kappa shape index (κ3) is 3.08. The Morgan fingerprint density at radius 3 is 1.78 bits per heavy atom. The fourth-order valence-electron chi connectivity index (χ4n) is 3.44. The van der Waals surface area contributed by atoms with Crippen LogP contribution in [-0.2, 0) is 4.43 Å². The maximum Gasteiger partial charge on any atom is 0.192 e. The van der Waals surface area contributed by atoms with Crippen LogP contribution in [0.5, 0.6) is 0 Å². The molecule has 0 bridgehead atoms. The van der Waals surface area contributed by atoms with Gasteiger partial charge >= 0.3 is 0 Å². The van der Waals surface area contributed by atoms with Gasteiger partial charge in [0.1, 0.15) is 6.07 Å². The highest BCUT2D eigenvalue weighted by atomic mass is 28.4. The molecule has 2 unspecified atom stereocenters. The average Bonchev–Trinajstić information content (AvgIpc) is 2.65. The van der Waals surface area contributed by atoms with Gasteiger partial charge in [-0.05, 0) is 42.4 Å². The molecule has 2 atom stereocenters. The summed E-state index contributed by atoms with van der Waals surface area (Å²) in [6.07, 6.45) is 2.20. The number of hydrogen-bond acceptors (Lipinski definition) is 3. The van der Waals surface area contributed by atoms with E-state index in [-0.39, 0.29) is 10.1 Å². The van der Waals surface area contributed by atoms with Crippen LogP contribution in [-0.4, -0.2) is 32.3 Å². The maximum absolute atomic E-state index is 11.3. The van der Waals surface area contributed by atoms with Crippen molar-refractivity contribution in [3.63, 3.8) is 0 Å². The third-order valence-corrected chi connectivity index (χ3v) is 18.3. The van der Waals surface area contributed by atoms with Crippen LogP contribution in [0.15, 0.2) is 0 Å².